The summed E-state index contributed by atoms with van der Waals surface area (Å²) < 4.78 is 59.2. The molecule has 0 saturated carbocycles. The molecule has 0 aliphatic rings. The summed E-state index contributed by atoms with van der Waals surface area (Å²) in [6, 6.07) is 4.49. The molecule has 1 aromatic carbocycles. The van der Waals surface area contributed by atoms with E-state index in [1.807, 2.05) is 0 Å². The molecule has 17 heavy (non-hydrogen) atoms. The molecule has 1 aromatic rings. The van der Waals surface area contributed by atoms with Crippen molar-refractivity contribution in [1.29, 1.82) is 0 Å². The van der Waals surface area contributed by atoms with Gasteiger partial charge in [0, 0.05) is 6.04 Å². The topological polar surface area (TPSA) is 60.2 Å². The Morgan fingerprint density at radius 2 is 1.94 bits per heavy atom. The van der Waals surface area contributed by atoms with Gasteiger partial charge in [-0.3, -0.25) is 0 Å². The van der Waals surface area contributed by atoms with Crippen LogP contribution in [0.25, 0.3) is 0 Å². The van der Waals surface area contributed by atoms with Gasteiger partial charge in [-0.25, -0.2) is 8.42 Å². The highest BCUT2D eigenvalue weighted by Gasteiger charge is 2.46. The van der Waals surface area contributed by atoms with Crippen molar-refractivity contribution in [3.05, 3.63) is 29.8 Å². The highest BCUT2D eigenvalue weighted by molar-refractivity contribution is 7.92. The lowest BCUT2D eigenvalue weighted by atomic mass is 10.1. The molecular formula is C10H12F3NO2S. The zero-order chi connectivity index (χ0) is 13.3. The van der Waals surface area contributed by atoms with Crippen LogP contribution in [0.15, 0.2) is 29.2 Å². The van der Waals surface area contributed by atoms with Crippen molar-refractivity contribution in [3.8, 4) is 0 Å². The maximum atomic E-state index is 12.3. The lowest BCUT2D eigenvalue weighted by Gasteiger charge is -2.10. The largest absolute Gasteiger partial charge is 0.501 e. The highest BCUT2D eigenvalue weighted by atomic mass is 32.2. The lowest BCUT2D eigenvalue weighted by Crippen LogP contribution is -2.23. The molecule has 0 amide bonds. The number of sulfone groups is 1. The van der Waals surface area contributed by atoms with Crippen LogP contribution in [0.3, 0.4) is 0 Å². The van der Waals surface area contributed by atoms with E-state index < -0.39 is 20.2 Å². The molecule has 0 aromatic heterocycles. The van der Waals surface area contributed by atoms with Crippen LogP contribution < -0.4 is 5.73 Å². The van der Waals surface area contributed by atoms with Crippen molar-refractivity contribution in [2.45, 2.75) is 29.8 Å². The summed E-state index contributed by atoms with van der Waals surface area (Å²) in [4.78, 5) is -0.747. The first-order valence-electron chi connectivity index (χ1n) is 4.80. The standard InChI is InChI=1S/C10H12F3NO2S/c1-7(14)5-8-3-2-4-9(6-8)17(15,16)10(11,12)13/h2-4,6-7H,5,14H2,1H3/t7-/m1/s1. The van der Waals surface area contributed by atoms with Crippen molar-refractivity contribution in [2.75, 3.05) is 0 Å². The molecule has 0 aliphatic heterocycles. The second-order valence-corrected chi connectivity index (χ2v) is 5.72. The molecule has 0 fully saturated rings. The first-order valence-corrected chi connectivity index (χ1v) is 6.29. The van der Waals surface area contributed by atoms with Crippen LogP contribution in [-0.2, 0) is 16.3 Å². The van der Waals surface area contributed by atoms with Crippen LogP contribution in [-0.4, -0.2) is 20.0 Å². The van der Waals surface area contributed by atoms with E-state index in [1.165, 1.54) is 6.07 Å². The third-order valence-corrected chi connectivity index (χ3v) is 3.56. The molecule has 0 saturated heterocycles. The molecule has 1 rings (SSSR count). The molecule has 0 unspecified atom stereocenters. The maximum Gasteiger partial charge on any atom is 0.501 e. The van der Waals surface area contributed by atoms with Crippen LogP contribution in [0.4, 0.5) is 13.2 Å². The Bertz CT molecular complexity index is 495. The normalized spacial score (nSPS) is 14.6. The van der Waals surface area contributed by atoms with Crippen molar-refractivity contribution in [1.82, 2.24) is 0 Å². The number of nitrogens with two attached hydrogens (primary N) is 1. The molecule has 0 spiro atoms. The van der Waals surface area contributed by atoms with Crippen molar-refractivity contribution in [2.24, 2.45) is 5.73 Å². The van der Waals surface area contributed by atoms with Gasteiger partial charge in [-0.2, -0.15) is 13.2 Å². The third kappa shape index (κ3) is 3.19. The van der Waals surface area contributed by atoms with Gasteiger partial charge in [-0.15, -0.1) is 0 Å². The summed E-state index contributed by atoms with van der Waals surface area (Å²) in [7, 11) is -5.28. The van der Waals surface area contributed by atoms with E-state index in [1.54, 1.807) is 13.0 Å². The molecule has 2 N–H and O–H groups in total. The molecule has 3 nitrogen and oxygen atoms in total. The quantitative estimate of drug-likeness (QED) is 0.909. The fraction of sp³-hybridized carbons (Fsp3) is 0.400. The minimum absolute atomic E-state index is 0.251. The van der Waals surface area contributed by atoms with Gasteiger partial charge >= 0.3 is 5.51 Å². The summed E-state index contributed by atoms with van der Waals surface area (Å²) in [5.74, 6) is 0. The fourth-order valence-electron chi connectivity index (χ4n) is 1.35. The lowest BCUT2D eigenvalue weighted by molar-refractivity contribution is -0.0436. The summed E-state index contributed by atoms with van der Waals surface area (Å²) >= 11 is 0. The summed E-state index contributed by atoms with van der Waals surface area (Å²) in [6.07, 6.45) is 0.321. The number of halogens is 3. The number of benzene rings is 1. The van der Waals surface area contributed by atoms with Crippen LogP contribution in [0.2, 0.25) is 0 Å². The van der Waals surface area contributed by atoms with E-state index in [0.717, 1.165) is 12.1 Å². The van der Waals surface area contributed by atoms with Crippen molar-refractivity contribution >= 4 is 9.84 Å². The van der Waals surface area contributed by atoms with Crippen molar-refractivity contribution < 1.29 is 21.6 Å². The fourth-order valence-corrected chi connectivity index (χ4v) is 2.18. The van der Waals surface area contributed by atoms with E-state index in [-0.39, 0.29) is 6.04 Å². The van der Waals surface area contributed by atoms with E-state index >= 15 is 0 Å². The number of hydrogen-bond donors (Lipinski definition) is 1. The van der Waals surface area contributed by atoms with Gasteiger partial charge in [0.05, 0.1) is 4.90 Å². The molecular weight excluding hydrogens is 255 g/mol. The van der Waals surface area contributed by atoms with Crippen LogP contribution in [0.5, 0.6) is 0 Å². The summed E-state index contributed by atoms with van der Waals surface area (Å²) in [5, 5.41) is 0. The van der Waals surface area contributed by atoms with Gasteiger partial charge < -0.3 is 5.73 Å². The van der Waals surface area contributed by atoms with Gasteiger partial charge in [0.25, 0.3) is 9.84 Å². The molecule has 0 bridgehead atoms. The van der Waals surface area contributed by atoms with E-state index in [2.05, 4.69) is 0 Å². The number of hydrogen-bond acceptors (Lipinski definition) is 3. The molecule has 96 valence electrons. The minimum atomic E-state index is -5.28. The number of rotatable bonds is 3. The Morgan fingerprint density at radius 3 is 2.41 bits per heavy atom. The predicted molar refractivity (Wildman–Crippen MR) is 57.0 cm³/mol. The van der Waals surface area contributed by atoms with Crippen molar-refractivity contribution in [3.63, 3.8) is 0 Å². The number of alkyl halides is 3. The van der Waals surface area contributed by atoms with Gasteiger partial charge in [-0.05, 0) is 31.0 Å². The zero-order valence-corrected chi connectivity index (χ0v) is 9.85. The third-order valence-electron chi connectivity index (χ3n) is 2.07. The predicted octanol–water partition coefficient (Wildman–Crippen LogP) is 1.87. The summed E-state index contributed by atoms with van der Waals surface area (Å²) in [5.41, 5.74) is 0.683. The van der Waals surface area contributed by atoms with Gasteiger partial charge in [0.15, 0.2) is 0 Å². The molecule has 1 atom stereocenters. The summed E-state index contributed by atoms with van der Waals surface area (Å²) in [6.45, 7) is 1.69. The Hall–Kier alpha value is -1.08. The minimum Gasteiger partial charge on any atom is -0.328 e. The zero-order valence-electron chi connectivity index (χ0n) is 9.03. The average molecular weight is 267 g/mol. The van der Waals surface area contributed by atoms with Gasteiger partial charge in [0.2, 0.25) is 0 Å². The monoisotopic (exact) mass is 267 g/mol. The van der Waals surface area contributed by atoms with Gasteiger partial charge in [0.1, 0.15) is 0 Å². The highest BCUT2D eigenvalue weighted by Crippen LogP contribution is 2.30. The first kappa shape index (κ1) is 14.0. The average Bonchev–Trinajstić information content (AvgIpc) is 2.15. The van der Waals surface area contributed by atoms with E-state index in [4.69, 9.17) is 5.73 Å². The second-order valence-electron chi connectivity index (χ2n) is 3.78. The Labute approximate surface area is 97.4 Å². The molecule has 0 aliphatic carbocycles. The van der Waals surface area contributed by atoms with Crippen LogP contribution in [0, 0.1) is 0 Å². The second kappa shape index (κ2) is 4.66. The smallest absolute Gasteiger partial charge is 0.328 e. The molecule has 0 radical (unpaired) electrons. The molecule has 0 heterocycles. The van der Waals surface area contributed by atoms with Crippen LogP contribution >= 0.6 is 0 Å². The van der Waals surface area contributed by atoms with Crippen LogP contribution in [0.1, 0.15) is 12.5 Å². The first-order chi connectivity index (χ1) is 7.64. The Kier molecular flexibility index (Phi) is 3.83. The molecule has 7 heteroatoms. The Balaban J connectivity index is 3.17. The van der Waals surface area contributed by atoms with E-state index in [0.29, 0.717) is 12.0 Å². The Morgan fingerprint density at radius 1 is 1.35 bits per heavy atom. The van der Waals surface area contributed by atoms with Gasteiger partial charge in [-0.1, -0.05) is 12.1 Å². The maximum absolute atomic E-state index is 12.3. The van der Waals surface area contributed by atoms with E-state index in [9.17, 15) is 21.6 Å². The SMILES string of the molecule is C[C@@H](N)Cc1cccc(S(=O)(=O)C(F)(F)F)c1.